The maximum absolute atomic E-state index is 5.69. The highest BCUT2D eigenvalue weighted by Gasteiger charge is 2.09. The van der Waals surface area contributed by atoms with Crippen molar-refractivity contribution >= 4 is 34.3 Å². The first-order chi connectivity index (χ1) is 16.1. The third-order valence-electron chi connectivity index (χ3n) is 4.71. The molecule has 4 rings (SSSR count). The van der Waals surface area contributed by atoms with Gasteiger partial charge in [-0.15, -0.1) is 0 Å². The maximum atomic E-state index is 5.69. The molecular formula is C23H25N7O2S. The van der Waals surface area contributed by atoms with E-state index in [0.717, 1.165) is 23.4 Å². The minimum atomic E-state index is 0.513. The van der Waals surface area contributed by atoms with Crippen molar-refractivity contribution in [2.45, 2.75) is 13.5 Å². The molecular weight excluding hydrogens is 438 g/mol. The van der Waals surface area contributed by atoms with E-state index < -0.39 is 0 Å². The number of nitrogens with one attached hydrogen (secondary N) is 2. The van der Waals surface area contributed by atoms with Crippen LogP contribution in [-0.4, -0.2) is 56.7 Å². The third kappa shape index (κ3) is 5.99. The average molecular weight is 464 g/mol. The van der Waals surface area contributed by atoms with Gasteiger partial charge in [-0.05, 0) is 49.0 Å². The Morgan fingerprint density at radius 2 is 2.03 bits per heavy atom. The number of hydrogen-bond acceptors (Lipinski definition) is 7. The lowest BCUT2D eigenvalue weighted by molar-refractivity contribution is 0.146. The van der Waals surface area contributed by atoms with E-state index in [4.69, 9.17) is 21.7 Å². The van der Waals surface area contributed by atoms with Crippen LogP contribution in [0, 0.1) is 0 Å². The normalized spacial score (nSPS) is 10.8. The van der Waals surface area contributed by atoms with Gasteiger partial charge in [-0.25, -0.2) is 9.97 Å². The van der Waals surface area contributed by atoms with Crippen molar-refractivity contribution in [3.63, 3.8) is 0 Å². The Labute approximate surface area is 197 Å². The summed E-state index contributed by atoms with van der Waals surface area (Å²) in [6.45, 7) is 4.38. The van der Waals surface area contributed by atoms with E-state index >= 15 is 0 Å². The Kier molecular flexibility index (Phi) is 7.38. The van der Waals surface area contributed by atoms with Gasteiger partial charge in [0.2, 0.25) is 0 Å². The van der Waals surface area contributed by atoms with Crippen LogP contribution in [0.15, 0.2) is 55.0 Å². The monoisotopic (exact) mass is 463 g/mol. The summed E-state index contributed by atoms with van der Waals surface area (Å²) < 4.78 is 12.6. The molecule has 0 saturated heterocycles. The molecule has 170 valence electrons. The second-order valence-corrected chi connectivity index (χ2v) is 7.60. The van der Waals surface area contributed by atoms with Crippen molar-refractivity contribution in [3.05, 3.63) is 60.6 Å². The number of anilines is 1. The number of methoxy groups -OCH3 is 1. The number of hydrogen-bond donors (Lipinski definition) is 2. The van der Waals surface area contributed by atoms with Crippen LogP contribution in [-0.2, 0) is 11.3 Å². The van der Waals surface area contributed by atoms with Crippen molar-refractivity contribution in [3.8, 4) is 17.0 Å². The Hall–Kier alpha value is -3.63. The molecule has 0 spiro atoms. The summed E-state index contributed by atoms with van der Waals surface area (Å²) in [4.78, 5) is 13.7. The van der Waals surface area contributed by atoms with E-state index in [2.05, 4.69) is 30.7 Å². The lowest BCUT2D eigenvalue weighted by Gasteiger charge is -2.08. The third-order valence-corrected chi connectivity index (χ3v) is 4.96. The Bertz CT molecular complexity index is 1240. The quantitative estimate of drug-likeness (QED) is 0.286. The van der Waals surface area contributed by atoms with Crippen molar-refractivity contribution in [1.29, 1.82) is 0 Å². The molecule has 0 fully saturated rings. The van der Waals surface area contributed by atoms with Gasteiger partial charge in [-0.1, -0.05) is 12.1 Å². The summed E-state index contributed by atoms with van der Waals surface area (Å²) in [6, 6.07) is 11.6. The van der Waals surface area contributed by atoms with Gasteiger partial charge < -0.3 is 20.1 Å². The van der Waals surface area contributed by atoms with Crippen LogP contribution in [0.3, 0.4) is 0 Å². The first-order valence-electron chi connectivity index (χ1n) is 10.6. The largest absolute Gasteiger partial charge is 0.491 e. The summed E-state index contributed by atoms with van der Waals surface area (Å²) in [7, 11) is 1.65. The second-order valence-electron chi connectivity index (χ2n) is 7.19. The number of pyridine rings is 1. The van der Waals surface area contributed by atoms with Gasteiger partial charge in [0.15, 0.2) is 10.8 Å². The van der Waals surface area contributed by atoms with Gasteiger partial charge in [0.05, 0.1) is 31.2 Å². The van der Waals surface area contributed by atoms with E-state index in [1.54, 1.807) is 19.5 Å². The molecule has 0 aliphatic rings. The second kappa shape index (κ2) is 10.8. The Balaban J connectivity index is 1.49. The minimum absolute atomic E-state index is 0.513. The SMILES string of the molecule is CCNC(=S)Nc1ccc2ncc(-c3cnn(Cc4cccc(OCCOC)c4)c3)nc2n1. The van der Waals surface area contributed by atoms with Crippen molar-refractivity contribution in [2.75, 3.05) is 32.2 Å². The average Bonchev–Trinajstić information content (AvgIpc) is 3.28. The molecule has 0 aliphatic carbocycles. The van der Waals surface area contributed by atoms with E-state index in [9.17, 15) is 0 Å². The number of benzene rings is 1. The maximum Gasteiger partial charge on any atom is 0.180 e. The van der Waals surface area contributed by atoms with Crippen LogP contribution < -0.4 is 15.4 Å². The molecule has 33 heavy (non-hydrogen) atoms. The molecule has 3 heterocycles. The molecule has 4 aromatic rings. The van der Waals surface area contributed by atoms with Crippen LogP contribution in [0.2, 0.25) is 0 Å². The van der Waals surface area contributed by atoms with Gasteiger partial charge in [0.25, 0.3) is 0 Å². The molecule has 0 saturated carbocycles. The fourth-order valence-corrected chi connectivity index (χ4v) is 3.42. The zero-order valence-electron chi connectivity index (χ0n) is 18.5. The van der Waals surface area contributed by atoms with E-state index in [1.165, 1.54) is 0 Å². The first-order valence-corrected chi connectivity index (χ1v) is 11.0. The molecule has 0 atom stereocenters. The summed E-state index contributed by atoms with van der Waals surface area (Å²) >= 11 is 5.23. The summed E-state index contributed by atoms with van der Waals surface area (Å²) in [5.41, 5.74) is 3.88. The van der Waals surface area contributed by atoms with Crippen LogP contribution in [0.4, 0.5) is 5.82 Å². The molecule has 0 unspecified atom stereocenters. The van der Waals surface area contributed by atoms with Crippen LogP contribution in [0.5, 0.6) is 5.75 Å². The molecule has 10 heteroatoms. The van der Waals surface area contributed by atoms with Gasteiger partial charge in [0.1, 0.15) is 23.7 Å². The fraction of sp³-hybridized carbons (Fsp3) is 0.261. The molecule has 3 aromatic heterocycles. The molecule has 1 aromatic carbocycles. The number of thiocarbonyl (C=S) groups is 1. The Morgan fingerprint density at radius 1 is 1.12 bits per heavy atom. The van der Waals surface area contributed by atoms with Gasteiger partial charge in [-0.2, -0.15) is 5.10 Å². The summed E-state index contributed by atoms with van der Waals surface area (Å²) in [5, 5.41) is 11.1. The zero-order valence-corrected chi connectivity index (χ0v) is 19.3. The number of aromatic nitrogens is 5. The summed E-state index contributed by atoms with van der Waals surface area (Å²) in [5.74, 6) is 1.42. The van der Waals surface area contributed by atoms with Crippen LogP contribution in [0.25, 0.3) is 22.4 Å². The predicted molar refractivity (Wildman–Crippen MR) is 131 cm³/mol. The smallest absolute Gasteiger partial charge is 0.180 e. The zero-order chi connectivity index (χ0) is 23.0. The van der Waals surface area contributed by atoms with E-state index in [-0.39, 0.29) is 0 Å². The molecule has 0 amide bonds. The lowest BCUT2D eigenvalue weighted by atomic mass is 10.2. The molecule has 0 radical (unpaired) electrons. The fourth-order valence-electron chi connectivity index (χ4n) is 3.17. The molecule has 9 nitrogen and oxygen atoms in total. The van der Waals surface area contributed by atoms with Crippen molar-refractivity contribution < 1.29 is 9.47 Å². The van der Waals surface area contributed by atoms with Crippen molar-refractivity contribution in [1.82, 2.24) is 30.0 Å². The Morgan fingerprint density at radius 3 is 2.88 bits per heavy atom. The number of fused-ring (bicyclic) bond motifs is 1. The number of nitrogens with zero attached hydrogens (tertiary/aromatic N) is 5. The summed E-state index contributed by atoms with van der Waals surface area (Å²) in [6.07, 6.45) is 5.44. The molecule has 0 bridgehead atoms. The lowest BCUT2D eigenvalue weighted by Crippen LogP contribution is -2.28. The van der Waals surface area contributed by atoms with Crippen molar-refractivity contribution in [2.24, 2.45) is 0 Å². The minimum Gasteiger partial charge on any atom is -0.491 e. The predicted octanol–water partition coefficient (Wildman–Crippen LogP) is 3.27. The topological polar surface area (TPSA) is 99.0 Å². The van der Waals surface area contributed by atoms with Crippen LogP contribution >= 0.6 is 12.2 Å². The number of ether oxygens (including phenoxy) is 2. The molecule has 0 aliphatic heterocycles. The number of rotatable bonds is 9. The van der Waals surface area contributed by atoms with Gasteiger partial charge in [-0.3, -0.25) is 9.67 Å². The highest BCUT2D eigenvalue weighted by molar-refractivity contribution is 7.80. The standard InChI is InChI=1S/C23H25N7O2S/c1-3-24-23(33)29-21-8-7-19-22(28-21)27-20(13-25-19)17-12-26-30(15-17)14-16-5-4-6-18(11-16)32-10-9-31-2/h4-8,11-13,15H,3,9-10,14H2,1-2H3,(H2,24,27,28,29,33). The van der Waals surface area contributed by atoms with Crippen LogP contribution in [0.1, 0.15) is 12.5 Å². The van der Waals surface area contributed by atoms with Gasteiger partial charge in [0, 0.05) is 25.4 Å². The first kappa shape index (κ1) is 22.6. The highest BCUT2D eigenvalue weighted by atomic mass is 32.1. The molecule has 2 N–H and O–H groups in total. The van der Waals surface area contributed by atoms with E-state index in [1.807, 2.05) is 54.2 Å². The van der Waals surface area contributed by atoms with E-state index in [0.29, 0.717) is 47.5 Å². The van der Waals surface area contributed by atoms with Gasteiger partial charge >= 0.3 is 0 Å². The highest BCUT2D eigenvalue weighted by Crippen LogP contribution is 2.20.